The third-order valence-electron chi connectivity index (χ3n) is 4.25. The lowest BCUT2D eigenvalue weighted by molar-refractivity contribution is -0.138. The Bertz CT molecular complexity index is 830. The Labute approximate surface area is 178 Å². The van der Waals surface area contributed by atoms with Gasteiger partial charge >= 0.3 is 0 Å². The molecule has 1 atom stereocenters. The molecule has 0 spiro atoms. The van der Waals surface area contributed by atoms with Crippen LogP contribution in [-0.2, 0) is 21.9 Å². The minimum Gasteiger partial charge on any atom is -0.357 e. The maximum Gasteiger partial charge on any atom is 0.242 e. The first-order chi connectivity index (χ1) is 13.3. The second kappa shape index (κ2) is 10.7. The molecule has 0 fully saturated rings. The van der Waals surface area contributed by atoms with Crippen LogP contribution in [-0.4, -0.2) is 35.6 Å². The summed E-state index contributed by atoms with van der Waals surface area (Å²) in [5, 5.41) is 3.60. The number of carbonyl (C=O) groups excluding carboxylic acids is 2. The van der Waals surface area contributed by atoms with Gasteiger partial charge in [0.2, 0.25) is 11.8 Å². The fraction of sp³-hybridized carbons (Fsp3) is 0.300. The smallest absolute Gasteiger partial charge is 0.242 e. The van der Waals surface area contributed by atoms with Crippen LogP contribution in [0.1, 0.15) is 18.1 Å². The van der Waals surface area contributed by atoms with E-state index < -0.39 is 11.9 Å². The largest absolute Gasteiger partial charge is 0.357 e. The van der Waals surface area contributed by atoms with E-state index in [1.54, 1.807) is 43.3 Å². The van der Waals surface area contributed by atoms with Crippen molar-refractivity contribution in [3.63, 3.8) is 0 Å². The Morgan fingerprint density at radius 1 is 1.14 bits per heavy atom. The quantitative estimate of drug-likeness (QED) is 0.653. The number of nitrogens with one attached hydrogen (secondary N) is 1. The molecule has 150 valence electrons. The van der Waals surface area contributed by atoms with E-state index >= 15 is 0 Å². The zero-order chi connectivity index (χ0) is 20.7. The molecule has 0 heterocycles. The van der Waals surface area contributed by atoms with Crippen molar-refractivity contribution in [2.24, 2.45) is 0 Å². The minimum absolute atomic E-state index is 0.00744. The third kappa shape index (κ3) is 5.87. The Morgan fingerprint density at radius 3 is 2.39 bits per heavy atom. The van der Waals surface area contributed by atoms with Gasteiger partial charge in [0, 0.05) is 35.0 Å². The van der Waals surface area contributed by atoms with Gasteiger partial charge in [0.1, 0.15) is 11.9 Å². The summed E-state index contributed by atoms with van der Waals surface area (Å²) in [6.45, 7) is 1.63. The third-order valence-corrected chi connectivity index (χ3v) is 5.90. The predicted molar refractivity (Wildman–Crippen MR) is 113 cm³/mol. The summed E-state index contributed by atoms with van der Waals surface area (Å²) >= 11 is 13.6. The number of thioether (sulfide) groups is 1. The van der Waals surface area contributed by atoms with Crippen molar-refractivity contribution in [2.75, 3.05) is 12.8 Å². The highest BCUT2D eigenvalue weighted by Crippen LogP contribution is 2.28. The van der Waals surface area contributed by atoms with Gasteiger partial charge < -0.3 is 10.2 Å². The van der Waals surface area contributed by atoms with Crippen LogP contribution in [0, 0.1) is 5.82 Å². The number of likely N-dealkylation sites (N-methyl/N-ethyl adjacent to an activating group) is 1. The van der Waals surface area contributed by atoms with Gasteiger partial charge in [-0.3, -0.25) is 9.59 Å². The normalized spacial score (nSPS) is 11.8. The van der Waals surface area contributed by atoms with Gasteiger partial charge in [-0.25, -0.2) is 4.39 Å². The Morgan fingerprint density at radius 2 is 1.79 bits per heavy atom. The predicted octanol–water partition coefficient (Wildman–Crippen LogP) is 4.53. The van der Waals surface area contributed by atoms with Crippen molar-refractivity contribution in [1.29, 1.82) is 0 Å². The Balaban J connectivity index is 2.10. The summed E-state index contributed by atoms with van der Waals surface area (Å²) in [5.41, 5.74) is 1.11. The highest BCUT2D eigenvalue weighted by molar-refractivity contribution is 7.99. The fourth-order valence-corrected chi connectivity index (χ4v) is 4.24. The van der Waals surface area contributed by atoms with Crippen LogP contribution >= 0.6 is 35.0 Å². The van der Waals surface area contributed by atoms with Crippen molar-refractivity contribution >= 4 is 46.8 Å². The van der Waals surface area contributed by atoms with E-state index in [1.807, 2.05) is 0 Å². The van der Waals surface area contributed by atoms with Gasteiger partial charge in [-0.1, -0.05) is 47.5 Å². The molecule has 2 rings (SSSR count). The second-order valence-corrected chi connectivity index (χ2v) is 7.90. The lowest BCUT2D eigenvalue weighted by Crippen LogP contribution is -2.47. The first-order valence-corrected chi connectivity index (χ1v) is 10.5. The van der Waals surface area contributed by atoms with E-state index in [4.69, 9.17) is 23.2 Å². The highest BCUT2D eigenvalue weighted by Gasteiger charge is 2.26. The average molecular weight is 443 g/mol. The zero-order valence-corrected chi connectivity index (χ0v) is 17.9. The maximum absolute atomic E-state index is 14.0. The Hall–Kier alpha value is -1.76. The van der Waals surface area contributed by atoms with Crippen molar-refractivity contribution < 1.29 is 14.0 Å². The topological polar surface area (TPSA) is 49.4 Å². The average Bonchev–Trinajstić information content (AvgIpc) is 2.68. The first-order valence-electron chi connectivity index (χ1n) is 8.60. The van der Waals surface area contributed by atoms with Crippen molar-refractivity contribution in [3.05, 3.63) is 69.5 Å². The van der Waals surface area contributed by atoms with Crippen LogP contribution in [0.2, 0.25) is 10.0 Å². The lowest BCUT2D eigenvalue weighted by atomic mass is 10.1. The van der Waals surface area contributed by atoms with Gasteiger partial charge in [-0.15, -0.1) is 11.8 Å². The van der Waals surface area contributed by atoms with Crippen LogP contribution in [0.4, 0.5) is 4.39 Å². The fourth-order valence-electron chi connectivity index (χ4n) is 2.60. The molecule has 28 heavy (non-hydrogen) atoms. The van der Waals surface area contributed by atoms with Crippen LogP contribution in [0.15, 0.2) is 42.5 Å². The van der Waals surface area contributed by atoms with Gasteiger partial charge in [0.25, 0.3) is 0 Å². The van der Waals surface area contributed by atoms with Gasteiger partial charge in [0.15, 0.2) is 0 Å². The molecule has 0 aromatic heterocycles. The summed E-state index contributed by atoms with van der Waals surface area (Å²) < 4.78 is 14.0. The molecular weight excluding hydrogens is 422 g/mol. The number of amides is 2. The number of carbonyl (C=O) groups is 2. The number of nitrogens with zero attached hydrogens (tertiary/aromatic N) is 1. The summed E-state index contributed by atoms with van der Waals surface area (Å²) in [6, 6.07) is 10.7. The van der Waals surface area contributed by atoms with Gasteiger partial charge in [-0.2, -0.15) is 0 Å². The summed E-state index contributed by atoms with van der Waals surface area (Å²) in [4.78, 5) is 26.3. The molecule has 0 aliphatic rings. The van der Waals surface area contributed by atoms with Crippen molar-refractivity contribution in [2.45, 2.75) is 25.3 Å². The standard InChI is InChI=1S/C20H21Cl2FN2O2S/c1-13(20(27)24-2)25(10-14-6-3-4-9-18(14)23)19(26)12-28-11-15-16(21)7-5-8-17(15)22/h3-9,13H,10-12H2,1-2H3,(H,24,27)/t13-/m0/s1. The molecule has 0 aliphatic heterocycles. The lowest BCUT2D eigenvalue weighted by Gasteiger charge is -2.28. The molecule has 0 radical (unpaired) electrons. The van der Waals surface area contributed by atoms with Crippen LogP contribution in [0.3, 0.4) is 0 Å². The van der Waals surface area contributed by atoms with E-state index in [9.17, 15) is 14.0 Å². The molecule has 0 aliphatic carbocycles. The molecule has 2 aromatic rings. The molecule has 0 bridgehead atoms. The number of benzene rings is 2. The zero-order valence-electron chi connectivity index (χ0n) is 15.5. The number of rotatable bonds is 8. The summed E-state index contributed by atoms with van der Waals surface area (Å²) in [5.74, 6) is -0.444. The first kappa shape index (κ1) is 22.5. The summed E-state index contributed by atoms with van der Waals surface area (Å²) in [7, 11) is 1.50. The SMILES string of the molecule is CNC(=O)[C@H](C)N(Cc1ccccc1F)C(=O)CSCc1c(Cl)cccc1Cl. The maximum atomic E-state index is 14.0. The van der Waals surface area contributed by atoms with Crippen LogP contribution in [0.5, 0.6) is 0 Å². The molecule has 0 unspecified atom stereocenters. The van der Waals surface area contributed by atoms with Crippen molar-refractivity contribution in [3.8, 4) is 0 Å². The number of hydrogen-bond donors (Lipinski definition) is 1. The van der Waals surface area contributed by atoms with E-state index in [1.165, 1.54) is 29.8 Å². The highest BCUT2D eigenvalue weighted by atomic mass is 35.5. The van der Waals surface area contributed by atoms with E-state index in [-0.39, 0.29) is 24.1 Å². The molecule has 8 heteroatoms. The molecule has 1 N–H and O–H groups in total. The van der Waals surface area contributed by atoms with E-state index in [2.05, 4.69) is 5.32 Å². The van der Waals surface area contributed by atoms with Crippen LogP contribution in [0.25, 0.3) is 0 Å². The van der Waals surface area contributed by atoms with Gasteiger partial charge in [0.05, 0.1) is 5.75 Å². The molecule has 2 amide bonds. The second-order valence-electron chi connectivity index (χ2n) is 6.10. The number of hydrogen-bond acceptors (Lipinski definition) is 3. The molecule has 0 saturated heterocycles. The minimum atomic E-state index is -0.735. The Kier molecular flexibility index (Phi) is 8.60. The van der Waals surface area contributed by atoms with Gasteiger partial charge in [-0.05, 0) is 30.7 Å². The molecule has 2 aromatic carbocycles. The van der Waals surface area contributed by atoms with Crippen LogP contribution < -0.4 is 5.32 Å². The molecular formula is C20H21Cl2FN2O2S. The monoisotopic (exact) mass is 442 g/mol. The number of halogens is 3. The molecule has 4 nitrogen and oxygen atoms in total. The van der Waals surface area contributed by atoms with Crippen molar-refractivity contribution in [1.82, 2.24) is 10.2 Å². The molecule has 0 saturated carbocycles. The van der Waals surface area contributed by atoms with E-state index in [0.717, 1.165) is 5.56 Å². The summed E-state index contributed by atoms with van der Waals surface area (Å²) in [6.07, 6.45) is 0. The van der Waals surface area contributed by atoms with E-state index in [0.29, 0.717) is 21.4 Å².